The molecule has 1 aromatic carbocycles. The smallest absolute Gasteiger partial charge is 0.391 e. The van der Waals surface area contributed by atoms with E-state index in [1.807, 2.05) is 20.8 Å². The largest absolute Gasteiger partial charge is 0.411 e. The average molecular weight is 312 g/mol. The van der Waals surface area contributed by atoms with Crippen molar-refractivity contribution >= 4 is 17.7 Å². The molecule has 0 spiro atoms. The molecule has 2 N–H and O–H groups in total. The molecular weight excluding hydrogens is 297 g/mol. The van der Waals surface area contributed by atoms with Gasteiger partial charge in [0.1, 0.15) is 5.82 Å². The topological polar surface area (TPSA) is 70.1 Å². The molecular formula is C14H15ClFN3O2. The van der Waals surface area contributed by atoms with Crippen LogP contribution in [0.15, 0.2) is 24.3 Å². The molecule has 21 heavy (non-hydrogen) atoms. The fraction of sp³-hybridized carbons (Fsp3) is 0.286. The van der Waals surface area contributed by atoms with E-state index >= 15 is 0 Å². The quantitative estimate of drug-likeness (QED) is 0.923. The van der Waals surface area contributed by atoms with Crippen molar-refractivity contribution < 1.29 is 13.9 Å². The molecule has 112 valence electrons. The molecule has 0 aliphatic carbocycles. The molecule has 0 aliphatic heterocycles. The minimum absolute atomic E-state index is 0.0506. The number of halogens is 2. The van der Waals surface area contributed by atoms with Gasteiger partial charge in [0.05, 0.1) is 16.4 Å². The Morgan fingerprint density at radius 1 is 1.38 bits per heavy atom. The number of carbonyl (C=O) groups excluding carboxylic acids is 1. The second-order valence-electron chi connectivity index (χ2n) is 5.55. The van der Waals surface area contributed by atoms with Crippen LogP contribution in [-0.4, -0.2) is 15.9 Å². The predicted octanol–water partition coefficient (Wildman–Crippen LogP) is 3.42. The summed E-state index contributed by atoms with van der Waals surface area (Å²) in [5.41, 5.74) is 5.96. The van der Waals surface area contributed by atoms with Crippen molar-refractivity contribution in [1.29, 1.82) is 0 Å². The average Bonchev–Trinajstić information content (AvgIpc) is 2.75. The number of carbonyl (C=O) groups is 1. The van der Waals surface area contributed by atoms with E-state index in [9.17, 15) is 9.18 Å². The Kier molecular flexibility index (Phi) is 3.91. The Labute approximate surface area is 126 Å². The predicted molar refractivity (Wildman–Crippen MR) is 77.4 cm³/mol. The number of hydrogen-bond acceptors (Lipinski definition) is 3. The third-order valence-electron chi connectivity index (χ3n) is 2.80. The van der Waals surface area contributed by atoms with Crippen LogP contribution in [0.5, 0.6) is 5.88 Å². The summed E-state index contributed by atoms with van der Waals surface area (Å²) in [6.45, 7) is 5.89. The minimum Gasteiger partial charge on any atom is -0.391 e. The number of amides is 1. The van der Waals surface area contributed by atoms with E-state index in [4.69, 9.17) is 22.1 Å². The summed E-state index contributed by atoms with van der Waals surface area (Å²) in [6.07, 6.45) is -0.954. The van der Waals surface area contributed by atoms with Gasteiger partial charge >= 0.3 is 6.09 Å². The minimum atomic E-state index is -0.954. The van der Waals surface area contributed by atoms with Crippen LogP contribution in [0.4, 0.5) is 9.18 Å². The van der Waals surface area contributed by atoms with Gasteiger partial charge in [0, 0.05) is 11.5 Å². The first-order valence-corrected chi connectivity index (χ1v) is 6.59. The lowest BCUT2D eigenvalue weighted by molar-refractivity contribution is 0.207. The third kappa shape index (κ3) is 3.33. The molecule has 1 heterocycles. The second kappa shape index (κ2) is 5.37. The first-order chi connectivity index (χ1) is 9.68. The number of nitrogens with two attached hydrogens (primary N) is 1. The second-order valence-corrected chi connectivity index (χ2v) is 5.96. The van der Waals surface area contributed by atoms with Gasteiger partial charge in [0.25, 0.3) is 0 Å². The SMILES string of the molecule is CC(C)(C)c1cc(OC(N)=O)n(-c2ccc(F)c(Cl)c2)n1. The van der Waals surface area contributed by atoms with Gasteiger partial charge in [0.15, 0.2) is 0 Å². The zero-order valence-electron chi connectivity index (χ0n) is 11.9. The van der Waals surface area contributed by atoms with Crippen molar-refractivity contribution in [2.24, 2.45) is 5.73 Å². The Balaban J connectivity index is 2.56. The number of aromatic nitrogens is 2. The summed E-state index contributed by atoms with van der Waals surface area (Å²) in [7, 11) is 0. The highest BCUT2D eigenvalue weighted by Gasteiger charge is 2.22. The molecule has 0 saturated carbocycles. The van der Waals surface area contributed by atoms with Crippen LogP contribution in [0.2, 0.25) is 5.02 Å². The van der Waals surface area contributed by atoms with Gasteiger partial charge in [-0.05, 0) is 18.2 Å². The van der Waals surface area contributed by atoms with E-state index in [0.717, 1.165) is 0 Å². The van der Waals surface area contributed by atoms with Gasteiger partial charge in [-0.1, -0.05) is 32.4 Å². The molecule has 1 amide bonds. The highest BCUT2D eigenvalue weighted by Crippen LogP contribution is 2.28. The van der Waals surface area contributed by atoms with Gasteiger partial charge in [-0.3, -0.25) is 0 Å². The van der Waals surface area contributed by atoms with Crippen molar-refractivity contribution in [2.45, 2.75) is 26.2 Å². The molecule has 0 atom stereocenters. The molecule has 1 aromatic heterocycles. The van der Waals surface area contributed by atoms with Gasteiger partial charge in [-0.25, -0.2) is 13.9 Å². The molecule has 0 unspecified atom stereocenters. The van der Waals surface area contributed by atoms with Crippen LogP contribution in [0.1, 0.15) is 26.5 Å². The van der Waals surface area contributed by atoms with Crippen LogP contribution in [0.25, 0.3) is 5.69 Å². The fourth-order valence-corrected chi connectivity index (χ4v) is 1.88. The maximum Gasteiger partial charge on any atom is 0.411 e. The molecule has 0 saturated heterocycles. The van der Waals surface area contributed by atoms with Crippen molar-refractivity contribution in [3.8, 4) is 11.6 Å². The molecule has 2 rings (SSSR count). The first kappa shape index (κ1) is 15.3. The summed E-state index contributed by atoms with van der Waals surface area (Å²) in [5.74, 6) is -0.393. The van der Waals surface area contributed by atoms with Gasteiger partial charge in [-0.15, -0.1) is 0 Å². The number of rotatable bonds is 2. The van der Waals surface area contributed by atoms with Crippen LogP contribution < -0.4 is 10.5 Å². The Morgan fingerprint density at radius 2 is 2.05 bits per heavy atom. The van der Waals surface area contributed by atoms with Crippen LogP contribution in [0, 0.1) is 5.82 Å². The maximum absolute atomic E-state index is 13.3. The number of primary amides is 1. The van der Waals surface area contributed by atoms with Gasteiger partial charge in [-0.2, -0.15) is 5.10 Å². The zero-order chi connectivity index (χ0) is 15.8. The van der Waals surface area contributed by atoms with Crippen LogP contribution in [0.3, 0.4) is 0 Å². The molecule has 0 fully saturated rings. The summed E-state index contributed by atoms with van der Waals surface area (Å²) < 4.78 is 19.6. The standard InChI is InChI=1S/C14H15ClFN3O2/c1-14(2,3)11-7-12(21-13(17)20)19(18-11)8-4-5-10(16)9(15)6-8/h4-7H,1-3H3,(H2,17,20). The van der Waals surface area contributed by atoms with Gasteiger partial charge in [0.2, 0.25) is 5.88 Å². The Morgan fingerprint density at radius 3 is 2.57 bits per heavy atom. The lowest BCUT2D eigenvalue weighted by atomic mass is 9.93. The monoisotopic (exact) mass is 311 g/mol. The summed E-state index contributed by atoms with van der Waals surface area (Å²) >= 11 is 5.77. The Hall–Kier alpha value is -2.08. The maximum atomic E-state index is 13.3. The van der Waals surface area contributed by atoms with Crippen molar-refractivity contribution in [3.05, 3.63) is 40.8 Å². The molecule has 5 nitrogen and oxygen atoms in total. The first-order valence-electron chi connectivity index (χ1n) is 6.22. The Bertz CT molecular complexity index is 692. The summed E-state index contributed by atoms with van der Waals surface area (Å²) in [6, 6.07) is 5.70. The molecule has 0 radical (unpaired) electrons. The lowest BCUT2D eigenvalue weighted by Crippen LogP contribution is -2.18. The molecule has 0 aliphatic rings. The number of benzene rings is 1. The van der Waals surface area contributed by atoms with E-state index in [1.165, 1.54) is 22.9 Å². The van der Waals surface area contributed by atoms with E-state index in [-0.39, 0.29) is 16.3 Å². The highest BCUT2D eigenvalue weighted by molar-refractivity contribution is 6.30. The molecule has 2 aromatic rings. The molecule has 7 heteroatoms. The van der Waals surface area contributed by atoms with Crippen LogP contribution >= 0.6 is 11.6 Å². The zero-order valence-corrected chi connectivity index (χ0v) is 12.6. The third-order valence-corrected chi connectivity index (χ3v) is 3.09. The van der Waals surface area contributed by atoms with Gasteiger partial charge < -0.3 is 10.5 Å². The van der Waals surface area contributed by atoms with Crippen molar-refractivity contribution in [3.63, 3.8) is 0 Å². The van der Waals surface area contributed by atoms with Crippen molar-refractivity contribution in [2.75, 3.05) is 0 Å². The number of hydrogen-bond donors (Lipinski definition) is 1. The fourth-order valence-electron chi connectivity index (χ4n) is 1.71. The normalized spacial score (nSPS) is 11.5. The van der Waals surface area contributed by atoms with Crippen molar-refractivity contribution in [1.82, 2.24) is 9.78 Å². The summed E-state index contributed by atoms with van der Waals surface area (Å²) in [4.78, 5) is 11.0. The number of nitrogens with zero attached hydrogens (tertiary/aromatic N) is 2. The lowest BCUT2D eigenvalue weighted by Gasteiger charge is -2.14. The van der Waals surface area contributed by atoms with E-state index in [0.29, 0.717) is 11.4 Å². The molecule has 0 bridgehead atoms. The summed E-state index contributed by atoms with van der Waals surface area (Å²) in [5, 5.41) is 4.33. The van der Waals surface area contributed by atoms with E-state index in [2.05, 4.69) is 5.10 Å². The number of ether oxygens (including phenoxy) is 1. The van der Waals surface area contributed by atoms with Crippen LogP contribution in [-0.2, 0) is 5.41 Å². The van der Waals surface area contributed by atoms with E-state index < -0.39 is 11.9 Å². The highest BCUT2D eigenvalue weighted by atomic mass is 35.5. The van der Waals surface area contributed by atoms with E-state index in [1.54, 1.807) is 6.07 Å².